The van der Waals surface area contributed by atoms with Crippen molar-refractivity contribution in [2.45, 2.75) is 37.9 Å². The molecule has 2 N–H and O–H groups in total. The van der Waals surface area contributed by atoms with Crippen molar-refractivity contribution in [3.8, 4) is 0 Å². The maximum atomic E-state index is 11.9. The zero-order chi connectivity index (χ0) is 13.6. The summed E-state index contributed by atoms with van der Waals surface area (Å²) in [6.45, 7) is 0.161. The van der Waals surface area contributed by atoms with Gasteiger partial charge < -0.3 is 15.5 Å². The second kappa shape index (κ2) is 6.82. The van der Waals surface area contributed by atoms with E-state index in [1.54, 1.807) is 0 Å². The largest absolute Gasteiger partial charge is 0.405 e. The molecule has 1 aliphatic rings. The summed E-state index contributed by atoms with van der Waals surface area (Å²) in [7, 11) is 1.51. The monoisotopic (exact) mass is 267 g/mol. The van der Waals surface area contributed by atoms with Gasteiger partial charge in [0.25, 0.3) is 0 Å². The Morgan fingerprint density at radius 3 is 2.72 bits per heavy atom. The van der Waals surface area contributed by atoms with Crippen molar-refractivity contribution in [2.75, 3.05) is 26.7 Å². The van der Waals surface area contributed by atoms with Crippen LogP contribution in [-0.4, -0.2) is 49.8 Å². The van der Waals surface area contributed by atoms with Crippen LogP contribution in [0.3, 0.4) is 0 Å². The standard InChI is InChI=1S/C11H20F3N3O/c1-17(10(18)16-8-11(12,13)14)7-5-9-4-2-3-6-15-9/h9,15H,2-8H2,1H3,(H,16,18). The molecule has 0 aliphatic carbocycles. The van der Waals surface area contributed by atoms with Gasteiger partial charge in [-0.15, -0.1) is 0 Å². The fourth-order valence-corrected chi connectivity index (χ4v) is 1.93. The number of urea groups is 1. The average Bonchev–Trinajstić information content (AvgIpc) is 2.33. The molecule has 0 aromatic heterocycles. The molecule has 1 atom stereocenters. The molecule has 0 spiro atoms. The highest BCUT2D eigenvalue weighted by molar-refractivity contribution is 5.73. The van der Waals surface area contributed by atoms with Crippen molar-refractivity contribution >= 4 is 6.03 Å². The van der Waals surface area contributed by atoms with Crippen molar-refractivity contribution in [3.05, 3.63) is 0 Å². The van der Waals surface area contributed by atoms with Gasteiger partial charge in [0, 0.05) is 19.6 Å². The molecule has 0 bridgehead atoms. The number of carbonyl (C=O) groups is 1. The number of nitrogens with zero attached hydrogens (tertiary/aromatic N) is 1. The van der Waals surface area contributed by atoms with E-state index < -0.39 is 18.8 Å². The van der Waals surface area contributed by atoms with Crippen molar-refractivity contribution in [1.82, 2.24) is 15.5 Å². The first-order valence-electron chi connectivity index (χ1n) is 6.17. The molecule has 1 heterocycles. The predicted octanol–water partition coefficient (Wildman–Crippen LogP) is 1.72. The Kier molecular flexibility index (Phi) is 5.71. The van der Waals surface area contributed by atoms with Crippen molar-refractivity contribution in [3.63, 3.8) is 0 Å². The summed E-state index contributed by atoms with van der Waals surface area (Å²) in [6.07, 6.45) is -0.185. The minimum absolute atomic E-state index is 0.372. The zero-order valence-corrected chi connectivity index (χ0v) is 10.5. The van der Waals surface area contributed by atoms with E-state index in [0.717, 1.165) is 19.4 Å². The lowest BCUT2D eigenvalue weighted by atomic mass is 10.0. The summed E-state index contributed by atoms with van der Waals surface area (Å²) in [5, 5.41) is 5.18. The maximum absolute atomic E-state index is 11.9. The molecule has 1 unspecified atom stereocenters. The van der Waals surface area contributed by atoms with Gasteiger partial charge in [0.15, 0.2) is 0 Å². The lowest BCUT2D eigenvalue weighted by Gasteiger charge is -2.26. The van der Waals surface area contributed by atoms with E-state index in [1.165, 1.54) is 24.8 Å². The minimum Gasteiger partial charge on any atom is -0.329 e. The Bertz CT molecular complexity index is 265. The molecule has 2 amide bonds. The van der Waals surface area contributed by atoms with Gasteiger partial charge in [-0.25, -0.2) is 4.79 Å². The predicted molar refractivity (Wildman–Crippen MR) is 62.3 cm³/mol. The second-order valence-electron chi connectivity index (χ2n) is 4.63. The van der Waals surface area contributed by atoms with Gasteiger partial charge in [0.1, 0.15) is 6.54 Å². The Morgan fingerprint density at radius 2 is 2.17 bits per heavy atom. The van der Waals surface area contributed by atoms with Crippen LogP contribution in [0.1, 0.15) is 25.7 Å². The first kappa shape index (κ1) is 15.1. The van der Waals surface area contributed by atoms with Crippen molar-refractivity contribution < 1.29 is 18.0 Å². The first-order valence-corrected chi connectivity index (χ1v) is 6.17. The number of nitrogens with one attached hydrogen (secondary N) is 2. The van der Waals surface area contributed by atoms with Crippen LogP contribution in [0.5, 0.6) is 0 Å². The molecule has 106 valence electrons. The molecule has 4 nitrogen and oxygen atoms in total. The van der Waals surface area contributed by atoms with Crippen LogP contribution < -0.4 is 10.6 Å². The van der Waals surface area contributed by atoms with E-state index in [1.807, 2.05) is 5.32 Å². The molecule has 7 heteroatoms. The van der Waals surface area contributed by atoms with E-state index >= 15 is 0 Å². The van der Waals surface area contributed by atoms with Gasteiger partial charge in [0.2, 0.25) is 0 Å². The minimum atomic E-state index is -4.36. The Hall–Kier alpha value is -0.980. The number of carbonyl (C=O) groups excluding carboxylic acids is 1. The van der Waals surface area contributed by atoms with Gasteiger partial charge in [-0.1, -0.05) is 6.42 Å². The number of amides is 2. The normalized spacial score (nSPS) is 20.6. The summed E-state index contributed by atoms with van der Waals surface area (Å²) in [4.78, 5) is 12.7. The summed E-state index contributed by atoms with van der Waals surface area (Å²) < 4.78 is 35.7. The van der Waals surface area contributed by atoms with Crippen LogP contribution in [0.15, 0.2) is 0 Å². The average molecular weight is 267 g/mol. The topological polar surface area (TPSA) is 44.4 Å². The molecule has 18 heavy (non-hydrogen) atoms. The van der Waals surface area contributed by atoms with Crippen LogP contribution in [-0.2, 0) is 0 Å². The third kappa shape index (κ3) is 6.09. The Morgan fingerprint density at radius 1 is 1.44 bits per heavy atom. The molecule has 1 rings (SSSR count). The van der Waals surface area contributed by atoms with Crippen molar-refractivity contribution in [2.24, 2.45) is 0 Å². The summed E-state index contributed by atoms with van der Waals surface area (Å²) in [5.74, 6) is 0. The second-order valence-corrected chi connectivity index (χ2v) is 4.63. The highest BCUT2D eigenvalue weighted by atomic mass is 19.4. The van der Waals surface area contributed by atoms with Gasteiger partial charge in [-0.05, 0) is 25.8 Å². The first-order chi connectivity index (χ1) is 8.38. The number of rotatable bonds is 4. The zero-order valence-electron chi connectivity index (χ0n) is 10.5. The lowest BCUT2D eigenvalue weighted by Crippen LogP contribution is -2.44. The quantitative estimate of drug-likeness (QED) is 0.814. The lowest BCUT2D eigenvalue weighted by molar-refractivity contribution is -0.123. The van der Waals surface area contributed by atoms with Crippen LogP contribution >= 0.6 is 0 Å². The number of alkyl halides is 3. The molecule has 1 saturated heterocycles. The van der Waals surface area contributed by atoms with Crippen LogP contribution in [0.25, 0.3) is 0 Å². The van der Waals surface area contributed by atoms with Crippen molar-refractivity contribution in [1.29, 1.82) is 0 Å². The van der Waals surface area contributed by atoms with E-state index in [0.29, 0.717) is 12.6 Å². The molecule has 1 fully saturated rings. The van der Waals surface area contributed by atoms with Crippen LogP contribution in [0, 0.1) is 0 Å². The SMILES string of the molecule is CN(CCC1CCCCN1)C(=O)NCC(F)(F)F. The van der Waals surface area contributed by atoms with Crippen LogP contribution in [0.2, 0.25) is 0 Å². The number of halogens is 3. The van der Waals surface area contributed by atoms with Crippen LogP contribution in [0.4, 0.5) is 18.0 Å². The molecule has 1 aliphatic heterocycles. The van der Waals surface area contributed by atoms with Gasteiger partial charge >= 0.3 is 12.2 Å². The smallest absolute Gasteiger partial charge is 0.329 e. The van der Waals surface area contributed by atoms with E-state index in [-0.39, 0.29) is 0 Å². The Balaban J connectivity index is 2.18. The van der Waals surface area contributed by atoms with E-state index in [9.17, 15) is 18.0 Å². The molecule has 0 radical (unpaired) electrons. The Labute approximate surface area is 105 Å². The van der Waals surface area contributed by atoms with Gasteiger partial charge in [0.05, 0.1) is 0 Å². The highest BCUT2D eigenvalue weighted by Gasteiger charge is 2.28. The molecular weight excluding hydrogens is 247 g/mol. The fourth-order valence-electron chi connectivity index (χ4n) is 1.93. The van der Waals surface area contributed by atoms with Gasteiger partial charge in [-0.2, -0.15) is 13.2 Å². The summed E-state index contributed by atoms with van der Waals surface area (Å²) >= 11 is 0. The summed E-state index contributed by atoms with van der Waals surface area (Å²) in [6, 6.07) is -0.306. The van der Waals surface area contributed by atoms with Gasteiger partial charge in [-0.3, -0.25) is 0 Å². The highest BCUT2D eigenvalue weighted by Crippen LogP contribution is 2.13. The number of hydrogen-bond acceptors (Lipinski definition) is 2. The number of hydrogen-bond donors (Lipinski definition) is 2. The maximum Gasteiger partial charge on any atom is 0.405 e. The fraction of sp³-hybridized carbons (Fsp3) is 0.909. The molecule has 0 aromatic rings. The summed E-state index contributed by atoms with van der Waals surface area (Å²) in [5.41, 5.74) is 0. The number of piperidine rings is 1. The third-order valence-electron chi connectivity index (χ3n) is 3.01. The third-order valence-corrected chi connectivity index (χ3v) is 3.01. The molecule has 0 aromatic carbocycles. The molecule has 0 saturated carbocycles. The van der Waals surface area contributed by atoms with E-state index in [4.69, 9.17) is 0 Å². The van der Waals surface area contributed by atoms with E-state index in [2.05, 4.69) is 5.32 Å². The molecular formula is C11H20F3N3O.